The van der Waals surface area contributed by atoms with Crippen LogP contribution in [0.1, 0.15) is 44.2 Å². The second-order valence-electron chi connectivity index (χ2n) is 6.16. The van der Waals surface area contributed by atoms with Crippen LogP contribution in [0.5, 0.6) is 0 Å². The lowest BCUT2D eigenvalue weighted by Gasteiger charge is -2.39. The van der Waals surface area contributed by atoms with Crippen LogP contribution in [-0.2, 0) is 0 Å². The Morgan fingerprint density at radius 1 is 1.26 bits per heavy atom. The molecule has 3 heteroatoms. The molecule has 0 aliphatic carbocycles. The van der Waals surface area contributed by atoms with Gasteiger partial charge in [-0.15, -0.1) is 0 Å². The summed E-state index contributed by atoms with van der Waals surface area (Å²) in [6, 6.07) is 11.5. The highest BCUT2D eigenvalue weighted by molar-refractivity contribution is 9.10. The maximum absolute atomic E-state index is 3.73. The molecule has 19 heavy (non-hydrogen) atoms. The molecule has 1 N–H and O–H groups in total. The van der Waals surface area contributed by atoms with Crippen LogP contribution < -0.4 is 5.32 Å². The van der Waals surface area contributed by atoms with Gasteiger partial charge in [0.1, 0.15) is 0 Å². The zero-order chi connectivity index (χ0) is 13.4. The van der Waals surface area contributed by atoms with E-state index in [0.717, 1.165) is 18.1 Å². The standard InChI is InChI=1S/C16H23BrN2/c1-11(12-4-3-5-13(17)8-12)19(2)16-9-14-6-7-15(10-16)18-14/h3-5,8,11,14-16,18H,6-7,9-10H2,1-2H3. The van der Waals surface area contributed by atoms with Crippen LogP contribution >= 0.6 is 15.9 Å². The van der Waals surface area contributed by atoms with Gasteiger partial charge in [0.2, 0.25) is 0 Å². The lowest BCUT2D eigenvalue weighted by Crippen LogP contribution is -2.47. The van der Waals surface area contributed by atoms with Crippen molar-refractivity contribution in [1.82, 2.24) is 10.2 Å². The highest BCUT2D eigenvalue weighted by Gasteiger charge is 2.36. The van der Waals surface area contributed by atoms with Gasteiger partial charge in [0, 0.05) is 28.6 Å². The van der Waals surface area contributed by atoms with Crippen LogP contribution in [0.15, 0.2) is 28.7 Å². The first-order valence-electron chi connectivity index (χ1n) is 7.37. The monoisotopic (exact) mass is 322 g/mol. The van der Waals surface area contributed by atoms with Crippen molar-refractivity contribution in [2.24, 2.45) is 0 Å². The second kappa shape index (κ2) is 5.55. The molecule has 104 valence electrons. The zero-order valence-corrected chi connectivity index (χ0v) is 13.4. The summed E-state index contributed by atoms with van der Waals surface area (Å²) in [5.41, 5.74) is 1.41. The molecule has 2 nitrogen and oxygen atoms in total. The van der Waals surface area contributed by atoms with Crippen LogP contribution in [0, 0.1) is 0 Å². The number of fused-ring (bicyclic) bond motifs is 2. The lowest BCUT2D eigenvalue weighted by molar-refractivity contribution is 0.132. The third-order valence-electron chi connectivity index (χ3n) is 4.97. The van der Waals surface area contributed by atoms with Gasteiger partial charge in [-0.05, 0) is 57.4 Å². The summed E-state index contributed by atoms with van der Waals surface area (Å²) in [6.07, 6.45) is 5.37. The minimum Gasteiger partial charge on any atom is -0.311 e. The Kier molecular flexibility index (Phi) is 3.97. The van der Waals surface area contributed by atoms with Crippen molar-refractivity contribution < 1.29 is 0 Å². The Morgan fingerprint density at radius 3 is 2.58 bits per heavy atom. The maximum Gasteiger partial charge on any atom is 0.0320 e. The van der Waals surface area contributed by atoms with Gasteiger partial charge in [-0.3, -0.25) is 4.90 Å². The first-order valence-corrected chi connectivity index (χ1v) is 8.16. The van der Waals surface area contributed by atoms with Gasteiger partial charge in [-0.25, -0.2) is 0 Å². The van der Waals surface area contributed by atoms with Gasteiger partial charge in [0.05, 0.1) is 0 Å². The van der Waals surface area contributed by atoms with Crippen molar-refractivity contribution in [2.75, 3.05) is 7.05 Å². The van der Waals surface area contributed by atoms with Crippen LogP contribution in [0.25, 0.3) is 0 Å². The minimum absolute atomic E-state index is 0.486. The molecule has 2 aliphatic rings. The molecule has 3 atom stereocenters. The van der Waals surface area contributed by atoms with E-state index in [9.17, 15) is 0 Å². The quantitative estimate of drug-likeness (QED) is 0.912. The second-order valence-corrected chi connectivity index (χ2v) is 7.08. The molecule has 0 spiro atoms. The van der Waals surface area contributed by atoms with E-state index in [1.165, 1.54) is 35.7 Å². The molecule has 3 rings (SSSR count). The normalized spacial score (nSPS) is 31.7. The molecule has 2 saturated heterocycles. The largest absolute Gasteiger partial charge is 0.311 e. The minimum atomic E-state index is 0.486. The van der Waals surface area contributed by atoms with Crippen LogP contribution in [-0.4, -0.2) is 30.1 Å². The summed E-state index contributed by atoms with van der Waals surface area (Å²) in [4.78, 5) is 2.58. The van der Waals surface area contributed by atoms with Crippen molar-refractivity contribution in [1.29, 1.82) is 0 Å². The average molecular weight is 323 g/mol. The predicted molar refractivity (Wildman–Crippen MR) is 83.3 cm³/mol. The molecule has 0 radical (unpaired) electrons. The van der Waals surface area contributed by atoms with Gasteiger partial charge < -0.3 is 5.32 Å². The Hall–Kier alpha value is -0.380. The Balaban J connectivity index is 1.71. The first kappa shape index (κ1) is 13.6. The highest BCUT2D eigenvalue weighted by atomic mass is 79.9. The van der Waals surface area contributed by atoms with Crippen LogP contribution in [0.4, 0.5) is 0 Å². The number of rotatable bonds is 3. The number of piperidine rings is 1. The topological polar surface area (TPSA) is 15.3 Å². The summed E-state index contributed by atoms with van der Waals surface area (Å²) in [5, 5.41) is 3.73. The van der Waals surface area contributed by atoms with Crippen LogP contribution in [0.2, 0.25) is 0 Å². The smallest absolute Gasteiger partial charge is 0.0320 e. The van der Waals surface area contributed by atoms with E-state index in [-0.39, 0.29) is 0 Å². The van der Waals surface area contributed by atoms with E-state index in [1.807, 2.05) is 0 Å². The fraction of sp³-hybridized carbons (Fsp3) is 0.625. The van der Waals surface area contributed by atoms with Crippen molar-refractivity contribution in [3.05, 3.63) is 34.3 Å². The van der Waals surface area contributed by atoms with E-state index >= 15 is 0 Å². The molecule has 3 unspecified atom stereocenters. The average Bonchev–Trinajstić information content (AvgIpc) is 2.76. The van der Waals surface area contributed by atoms with Crippen molar-refractivity contribution in [3.8, 4) is 0 Å². The first-order chi connectivity index (χ1) is 9.13. The summed E-state index contributed by atoms with van der Waals surface area (Å²) in [5.74, 6) is 0. The number of benzene rings is 1. The van der Waals surface area contributed by atoms with Crippen LogP contribution in [0.3, 0.4) is 0 Å². The van der Waals surface area contributed by atoms with E-state index in [4.69, 9.17) is 0 Å². The lowest BCUT2D eigenvalue weighted by atomic mass is 9.96. The van der Waals surface area contributed by atoms with Gasteiger partial charge in [-0.1, -0.05) is 28.1 Å². The van der Waals surface area contributed by atoms with Gasteiger partial charge in [0.15, 0.2) is 0 Å². The van der Waals surface area contributed by atoms with Gasteiger partial charge in [-0.2, -0.15) is 0 Å². The molecule has 1 aromatic carbocycles. The molecule has 2 aliphatic heterocycles. The van der Waals surface area contributed by atoms with E-state index in [0.29, 0.717) is 6.04 Å². The number of nitrogens with zero attached hydrogens (tertiary/aromatic N) is 1. The molecule has 0 aromatic heterocycles. The molecule has 0 saturated carbocycles. The Morgan fingerprint density at radius 2 is 1.95 bits per heavy atom. The van der Waals surface area contributed by atoms with Gasteiger partial charge in [0.25, 0.3) is 0 Å². The predicted octanol–water partition coefficient (Wildman–Crippen LogP) is 3.72. The fourth-order valence-electron chi connectivity index (χ4n) is 3.68. The summed E-state index contributed by atoms with van der Waals surface area (Å²) in [7, 11) is 2.29. The van der Waals surface area contributed by atoms with Crippen molar-refractivity contribution in [2.45, 2.75) is 56.8 Å². The number of halogens is 1. The fourth-order valence-corrected chi connectivity index (χ4v) is 4.09. The number of hydrogen-bond acceptors (Lipinski definition) is 2. The summed E-state index contributed by atoms with van der Waals surface area (Å²) in [6.45, 7) is 2.33. The molecular weight excluding hydrogens is 300 g/mol. The number of nitrogens with one attached hydrogen (secondary N) is 1. The molecule has 2 fully saturated rings. The third kappa shape index (κ3) is 2.88. The number of hydrogen-bond donors (Lipinski definition) is 1. The van der Waals surface area contributed by atoms with Gasteiger partial charge >= 0.3 is 0 Å². The Labute approximate surface area is 124 Å². The summed E-state index contributed by atoms with van der Waals surface area (Å²) < 4.78 is 1.18. The summed E-state index contributed by atoms with van der Waals surface area (Å²) >= 11 is 3.58. The van der Waals surface area contributed by atoms with Crippen molar-refractivity contribution >= 4 is 15.9 Å². The third-order valence-corrected chi connectivity index (χ3v) is 5.46. The van der Waals surface area contributed by atoms with Crippen molar-refractivity contribution in [3.63, 3.8) is 0 Å². The molecule has 0 amide bonds. The SMILES string of the molecule is CC(c1cccc(Br)c1)N(C)C1CC2CCC(C1)N2. The molecule has 1 aromatic rings. The molecular formula is C16H23BrN2. The maximum atomic E-state index is 3.73. The van der Waals surface area contributed by atoms with E-state index in [2.05, 4.69) is 64.4 Å². The molecule has 2 bridgehead atoms. The highest BCUT2D eigenvalue weighted by Crippen LogP contribution is 2.33. The Bertz CT molecular complexity index is 436. The molecule has 2 heterocycles. The van der Waals surface area contributed by atoms with E-state index < -0.39 is 0 Å². The zero-order valence-electron chi connectivity index (χ0n) is 11.8. The van der Waals surface area contributed by atoms with E-state index in [1.54, 1.807) is 0 Å².